The van der Waals surface area contributed by atoms with Gasteiger partial charge in [0.2, 0.25) is 0 Å². The molecule has 5 nitrogen and oxygen atoms in total. The molecule has 2 rings (SSSR count). The standard InChI is InChI=1S/C16H11Cl2NO4/c1-21-14-7-10(8-19)6-12(18)16(14)23-15(20)9-22-13-5-3-2-4-11(13)17/h2-7H,9H2,1H3. The number of benzene rings is 2. The van der Waals surface area contributed by atoms with E-state index in [9.17, 15) is 4.79 Å². The topological polar surface area (TPSA) is 68.5 Å². The van der Waals surface area contributed by atoms with Crippen LogP contribution in [0.1, 0.15) is 5.56 Å². The second-order valence-corrected chi connectivity index (χ2v) is 5.11. The van der Waals surface area contributed by atoms with E-state index in [1.807, 2.05) is 6.07 Å². The molecule has 0 aliphatic heterocycles. The van der Waals surface area contributed by atoms with Crippen molar-refractivity contribution in [2.45, 2.75) is 0 Å². The van der Waals surface area contributed by atoms with Gasteiger partial charge in [-0.2, -0.15) is 5.26 Å². The van der Waals surface area contributed by atoms with Crippen molar-refractivity contribution in [3.05, 3.63) is 52.0 Å². The van der Waals surface area contributed by atoms with E-state index in [1.165, 1.54) is 19.2 Å². The number of halogens is 2. The Labute approximate surface area is 142 Å². The normalized spacial score (nSPS) is 9.83. The zero-order valence-corrected chi connectivity index (χ0v) is 13.5. The summed E-state index contributed by atoms with van der Waals surface area (Å²) in [6.45, 7) is -0.358. The van der Waals surface area contributed by atoms with Crippen LogP contribution in [-0.4, -0.2) is 19.7 Å². The van der Waals surface area contributed by atoms with Crippen molar-refractivity contribution in [1.29, 1.82) is 5.26 Å². The molecule has 0 N–H and O–H groups in total. The van der Waals surface area contributed by atoms with Crippen LogP contribution in [-0.2, 0) is 4.79 Å². The molecule has 0 aliphatic carbocycles. The predicted octanol–water partition coefficient (Wildman–Crippen LogP) is 3.86. The van der Waals surface area contributed by atoms with Crippen LogP contribution in [0.5, 0.6) is 17.2 Å². The predicted molar refractivity (Wildman–Crippen MR) is 85.3 cm³/mol. The van der Waals surface area contributed by atoms with Crippen LogP contribution in [0.15, 0.2) is 36.4 Å². The van der Waals surface area contributed by atoms with Gasteiger partial charge in [-0.25, -0.2) is 4.79 Å². The lowest BCUT2D eigenvalue weighted by Crippen LogP contribution is -2.18. The van der Waals surface area contributed by atoms with Crippen molar-refractivity contribution in [3.63, 3.8) is 0 Å². The summed E-state index contributed by atoms with van der Waals surface area (Å²) in [5.41, 5.74) is 0.291. The summed E-state index contributed by atoms with van der Waals surface area (Å²) in [7, 11) is 1.38. The molecule has 7 heteroatoms. The molecule has 0 radical (unpaired) electrons. The van der Waals surface area contributed by atoms with Gasteiger partial charge in [0.25, 0.3) is 0 Å². The number of nitrogens with zero attached hydrogens (tertiary/aromatic N) is 1. The van der Waals surface area contributed by atoms with Gasteiger partial charge in [0.1, 0.15) is 5.75 Å². The molecular formula is C16H11Cl2NO4. The van der Waals surface area contributed by atoms with Crippen molar-refractivity contribution in [1.82, 2.24) is 0 Å². The number of hydrogen-bond donors (Lipinski definition) is 0. The Balaban J connectivity index is 2.09. The second kappa shape index (κ2) is 7.73. The van der Waals surface area contributed by atoms with Crippen LogP contribution in [0.3, 0.4) is 0 Å². The van der Waals surface area contributed by atoms with E-state index < -0.39 is 5.97 Å². The van der Waals surface area contributed by atoms with Crippen LogP contribution in [0.25, 0.3) is 0 Å². The number of ether oxygens (including phenoxy) is 3. The Morgan fingerprint density at radius 1 is 1.17 bits per heavy atom. The van der Waals surface area contributed by atoms with Crippen LogP contribution >= 0.6 is 23.2 Å². The number of nitriles is 1. The monoisotopic (exact) mass is 351 g/mol. The molecule has 0 saturated heterocycles. The summed E-state index contributed by atoms with van der Waals surface area (Å²) in [6.07, 6.45) is 0. The molecule has 0 aromatic heterocycles. The van der Waals surface area contributed by atoms with Gasteiger partial charge >= 0.3 is 5.97 Å². The van der Waals surface area contributed by atoms with Crippen molar-refractivity contribution < 1.29 is 19.0 Å². The van der Waals surface area contributed by atoms with E-state index in [1.54, 1.807) is 24.3 Å². The summed E-state index contributed by atoms with van der Waals surface area (Å²) >= 11 is 11.9. The molecule has 0 amide bonds. The first-order valence-electron chi connectivity index (χ1n) is 6.40. The molecule has 0 saturated carbocycles. The number of carbonyl (C=O) groups excluding carboxylic acids is 1. The van der Waals surface area contributed by atoms with Crippen LogP contribution in [0.2, 0.25) is 10.0 Å². The van der Waals surface area contributed by atoms with Gasteiger partial charge in [-0.05, 0) is 18.2 Å². The number of carbonyl (C=O) groups is 1. The van der Waals surface area contributed by atoms with E-state index >= 15 is 0 Å². The van der Waals surface area contributed by atoms with E-state index in [2.05, 4.69) is 0 Å². The number of rotatable bonds is 5. The number of esters is 1. The number of hydrogen-bond acceptors (Lipinski definition) is 5. The first-order valence-corrected chi connectivity index (χ1v) is 7.16. The third-order valence-electron chi connectivity index (χ3n) is 2.76. The van der Waals surface area contributed by atoms with Crippen molar-refractivity contribution >= 4 is 29.2 Å². The zero-order valence-electron chi connectivity index (χ0n) is 12.0. The molecule has 0 aliphatic rings. The van der Waals surface area contributed by atoms with Gasteiger partial charge in [-0.15, -0.1) is 0 Å². The maximum atomic E-state index is 11.9. The average molecular weight is 352 g/mol. The van der Waals surface area contributed by atoms with Gasteiger partial charge in [0.15, 0.2) is 18.1 Å². The molecule has 0 unspecified atom stereocenters. The Hall–Kier alpha value is -2.42. The first-order chi connectivity index (χ1) is 11.0. The van der Waals surface area contributed by atoms with E-state index in [-0.39, 0.29) is 23.1 Å². The lowest BCUT2D eigenvalue weighted by atomic mass is 10.2. The first kappa shape index (κ1) is 16.9. The molecule has 2 aromatic rings. The molecule has 118 valence electrons. The molecule has 0 spiro atoms. The third-order valence-corrected chi connectivity index (χ3v) is 3.35. The second-order valence-electron chi connectivity index (χ2n) is 4.29. The van der Waals surface area contributed by atoms with E-state index in [4.69, 9.17) is 42.7 Å². The minimum atomic E-state index is -0.685. The maximum absolute atomic E-state index is 11.9. The van der Waals surface area contributed by atoms with Gasteiger partial charge in [0, 0.05) is 6.07 Å². The number of para-hydroxylation sites is 1. The van der Waals surface area contributed by atoms with Gasteiger partial charge < -0.3 is 14.2 Å². The molecule has 0 heterocycles. The maximum Gasteiger partial charge on any atom is 0.349 e. The average Bonchev–Trinajstić information content (AvgIpc) is 2.55. The van der Waals surface area contributed by atoms with Crippen molar-refractivity contribution in [2.24, 2.45) is 0 Å². The number of methoxy groups -OCH3 is 1. The fraction of sp³-hybridized carbons (Fsp3) is 0.125. The quantitative estimate of drug-likeness (QED) is 0.604. The molecule has 2 aromatic carbocycles. The van der Waals surface area contributed by atoms with Crippen LogP contribution in [0, 0.1) is 11.3 Å². The van der Waals surface area contributed by atoms with Crippen molar-refractivity contribution in [2.75, 3.05) is 13.7 Å². The molecule has 0 bridgehead atoms. The van der Waals surface area contributed by atoms with Crippen LogP contribution < -0.4 is 14.2 Å². The fourth-order valence-corrected chi connectivity index (χ4v) is 2.16. The summed E-state index contributed by atoms with van der Waals surface area (Å²) in [5.74, 6) is -0.111. The molecule has 0 fully saturated rings. The largest absolute Gasteiger partial charge is 0.493 e. The van der Waals surface area contributed by atoms with Crippen molar-refractivity contribution in [3.8, 4) is 23.3 Å². The van der Waals surface area contributed by atoms with Gasteiger partial charge in [-0.3, -0.25) is 0 Å². The minimum Gasteiger partial charge on any atom is -0.493 e. The summed E-state index contributed by atoms with van der Waals surface area (Å²) < 4.78 is 15.5. The Kier molecular flexibility index (Phi) is 5.69. The Morgan fingerprint density at radius 2 is 1.91 bits per heavy atom. The lowest BCUT2D eigenvalue weighted by molar-refractivity contribution is -0.136. The molecule has 23 heavy (non-hydrogen) atoms. The Bertz CT molecular complexity index is 771. The summed E-state index contributed by atoms with van der Waals surface area (Å²) in [5, 5.41) is 9.36. The van der Waals surface area contributed by atoms with E-state index in [0.717, 1.165) is 0 Å². The highest BCUT2D eigenvalue weighted by atomic mass is 35.5. The third kappa shape index (κ3) is 4.28. The minimum absolute atomic E-state index is 0.0286. The highest BCUT2D eigenvalue weighted by Gasteiger charge is 2.16. The highest BCUT2D eigenvalue weighted by Crippen LogP contribution is 2.36. The highest BCUT2D eigenvalue weighted by molar-refractivity contribution is 6.32. The zero-order chi connectivity index (χ0) is 16.8. The summed E-state index contributed by atoms with van der Waals surface area (Å²) in [6, 6.07) is 11.5. The van der Waals surface area contributed by atoms with Gasteiger partial charge in [-0.1, -0.05) is 35.3 Å². The fourth-order valence-electron chi connectivity index (χ4n) is 1.73. The van der Waals surface area contributed by atoms with E-state index in [0.29, 0.717) is 16.3 Å². The Morgan fingerprint density at radius 3 is 2.57 bits per heavy atom. The van der Waals surface area contributed by atoms with Gasteiger partial charge in [0.05, 0.1) is 28.8 Å². The molecular weight excluding hydrogens is 341 g/mol. The summed E-state index contributed by atoms with van der Waals surface area (Å²) in [4.78, 5) is 11.9. The lowest BCUT2D eigenvalue weighted by Gasteiger charge is -2.12. The molecule has 0 atom stereocenters. The van der Waals surface area contributed by atoms with Crippen LogP contribution in [0.4, 0.5) is 0 Å². The smallest absolute Gasteiger partial charge is 0.349 e. The SMILES string of the molecule is COc1cc(C#N)cc(Cl)c1OC(=O)COc1ccccc1Cl.